The van der Waals surface area contributed by atoms with Crippen molar-refractivity contribution in [1.82, 2.24) is 9.80 Å². The highest BCUT2D eigenvalue weighted by Gasteiger charge is 2.45. The first-order valence-electron chi connectivity index (χ1n) is 9.22. The molecule has 1 spiro atoms. The summed E-state index contributed by atoms with van der Waals surface area (Å²) in [6.07, 6.45) is 5.24. The molecule has 1 aromatic carbocycles. The Balaban J connectivity index is 1.66. The molecular formula is C19H27FN2O3S. The molecule has 1 amide bonds. The normalized spacial score (nSPS) is 25.0. The minimum Gasteiger partial charge on any atom is -0.336 e. The van der Waals surface area contributed by atoms with Gasteiger partial charge in [-0.15, -0.1) is 0 Å². The molecule has 0 radical (unpaired) electrons. The maximum absolute atomic E-state index is 13.4. The highest BCUT2D eigenvalue weighted by molar-refractivity contribution is 7.90. The van der Waals surface area contributed by atoms with Crippen molar-refractivity contribution in [2.45, 2.75) is 44.2 Å². The van der Waals surface area contributed by atoms with E-state index in [4.69, 9.17) is 0 Å². The van der Waals surface area contributed by atoms with Crippen molar-refractivity contribution in [2.75, 3.05) is 31.6 Å². The van der Waals surface area contributed by atoms with E-state index in [9.17, 15) is 17.6 Å². The van der Waals surface area contributed by atoms with Crippen molar-refractivity contribution >= 4 is 15.7 Å². The number of nitrogens with zero attached hydrogens (tertiary/aromatic N) is 2. The Kier molecular flexibility index (Phi) is 5.67. The first-order valence-corrected chi connectivity index (χ1v) is 11.3. The molecule has 2 saturated heterocycles. The molecule has 2 fully saturated rings. The van der Waals surface area contributed by atoms with E-state index in [0.29, 0.717) is 19.5 Å². The van der Waals surface area contributed by atoms with Gasteiger partial charge in [-0.25, -0.2) is 12.8 Å². The van der Waals surface area contributed by atoms with Crippen LogP contribution in [0.2, 0.25) is 0 Å². The third-order valence-corrected chi connectivity index (χ3v) is 6.59. The number of amides is 1. The van der Waals surface area contributed by atoms with Gasteiger partial charge in [-0.1, -0.05) is 12.1 Å². The Labute approximate surface area is 155 Å². The zero-order valence-corrected chi connectivity index (χ0v) is 16.1. The van der Waals surface area contributed by atoms with Crippen LogP contribution in [0.3, 0.4) is 0 Å². The lowest BCUT2D eigenvalue weighted by molar-refractivity contribution is -0.131. The van der Waals surface area contributed by atoms with Crippen LogP contribution in [0.15, 0.2) is 24.3 Å². The van der Waals surface area contributed by atoms with Gasteiger partial charge in [0, 0.05) is 37.8 Å². The third-order valence-electron chi connectivity index (χ3n) is 5.67. The Morgan fingerprint density at radius 2 is 2.00 bits per heavy atom. The molecule has 1 aromatic rings. The van der Waals surface area contributed by atoms with E-state index in [1.807, 2.05) is 11.0 Å². The van der Waals surface area contributed by atoms with Crippen molar-refractivity contribution in [3.05, 3.63) is 35.6 Å². The lowest BCUT2D eigenvalue weighted by Crippen LogP contribution is -2.48. The quantitative estimate of drug-likeness (QED) is 0.784. The van der Waals surface area contributed by atoms with E-state index >= 15 is 0 Å². The second kappa shape index (κ2) is 7.64. The zero-order chi connectivity index (χ0) is 18.8. The molecule has 0 aliphatic carbocycles. The van der Waals surface area contributed by atoms with Crippen molar-refractivity contribution in [2.24, 2.45) is 0 Å². The molecule has 2 heterocycles. The number of carbonyl (C=O) groups is 1. The van der Waals surface area contributed by atoms with Gasteiger partial charge in [-0.05, 0) is 49.9 Å². The Hall–Kier alpha value is -1.47. The molecule has 3 rings (SSSR count). The van der Waals surface area contributed by atoms with Crippen LogP contribution in [0.4, 0.5) is 4.39 Å². The number of benzene rings is 1. The van der Waals surface area contributed by atoms with Gasteiger partial charge in [0.2, 0.25) is 5.91 Å². The summed E-state index contributed by atoms with van der Waals surface area (Å²) in [6, 6.07) is 6.68. The van der Waals surface area contributed by atoms with Crippen LogP contribution in [0.25, 0.3) is 0 Å². The van der Waals surface area contributed by atoms with Gasteiger partial charge in [0.15, 0.2) is 0 Å². The molecule has 26 heavy (non-hydrogen) atoms. The molecular weight excluding hydrogens is 355 g/mol. The first-order chi connectivity index (χ1) is 12.3. The third kappa shape index (κ3) is 4.62. The monoisotopic (exact) mass is 382 g/mol. The van der Waals surface area contributed by atoms with Crippen molar-refractivity contribution in [1.29, 1.82) is 0 Å². The molecule has 0 N–H and O–H groups in total. The number of halogens is 1. The van der Waals surface area contributed by atoms with Crippen molar-refractivity contribution < 1.29 is 17.6 Å². The second-order valence-corrected chi connectivity index (χ2v) is 9.92. The molecule has 0 bridgehead atoms. The summed E-state index contributed by atoms with van der Waals surface area (Å²) in [5, 5.41) is 0. The summed E-state index contributed by atoms with van der Waals surface area (Å²) in [5.74, 6) is -0.123. The van der Waals surface area contributed by atoms with Crippen LogP contribution in [0.1, 0.15) is 37.7 Å². The van der Waals surface area contributed by atoms with Crippen LogP contribution >= 0.6 is 0 Å². The Morgan fingerprint density at radius 1 is 1.19 bits per heavy atom. The number of hydrogen-bond acceptors (Lipinski definition) is 4. The molecule has 0 aromatic heterocycles. The minimum absolute atomic E-state index is 0.0213. The predicted molar refractivity (Wildman–Crippen MR) is 98.9 cm³/mol. The van der Waals surface area contributed by atoms with E-state index < -0.39 is 9.84 Å². The minimum atomic E-state index is -3.09. The van der Waals surface area contributed by atoms with E-state index in [0.717, 1.165) is 44.3 Å². The average molecular weight is 383 g/mol. The maximum Gasteiger partial charge on any atom is 0.223 e. The molecule has 7 heteroatoms. The summed E-state index contributed by atoms with van der Waals surface area (Å²) in [6.45, 7) is 2.73. The summed E-state index contributed by atoms with van der Waals surface area (Å²) in [7, 11) is -3.09. The van der Waals surface area contributed by atoms with Gasteiger partial charge in [0.25, 0.3) is 0 Å². The van der Waals surface area contributed by atoms with Gasteiger partial charge in [-0.2, -0.15) is 0 Å². The molecule has 1 unspecified atom stereocenters. The highest BCUT2D eigenvalue weighted by Crippen LogP contribution is 2.39. The fourth-order valence-corrected chi connectivity index (χ4v) is 4.81. The van der Waals surface area contributed by atoms with Gasteiger partial charge < -0.3 is 4.90 Å². The van der Waals surface area contributed by atoms with Gasteiger partial charge >= 0.3 is 0 Å². The first kappa shape index (κ1) is 19.3. The number of sulfone groups is 1. The largest absolute Gasteiger partial charge is 0.336 e. The van der Waals surface area contributed by atoms with Gasteiger partial charge in [-0.3, -0.25) is 9.69 Å². The SMILES string of the molecule is CS(=O)(=O)CCN1C(=O)CCC12CCCN(Cc1cccc(F)c1)CC2. The van der Waals surface area contributed by atoms with Gasteiger partial charge in [0.05, 0.1) is 5.75 Å². The second-order valence-electron chi connectivity index (χ2n) is 7.66. The maximum atomic E-state index is 13.4. The summed E-state index contributed by atoms with van der Waals surface area (Å²) >= 11 is 0. The molecule has 5 nitrogen and oxygen atoms in total. The standard InChI is InChI=1S/C19H27FN2O3S/c1-26(24,25)13-12-22-18(23)6-8-19(22)7-3-10-21(11-9-19)15-16-4-2-5-17(20)14-16/h2,4-5,14H,3,6-13,15H2,1H3. The van der Waals surface area contributed by atoms with E-state index in [2.05, 4.69) is 4.90 Å². The lowest BCUT2D eigenvalue weighted by Gasteiger charge is -2.38. The average Bonchev–Trinajstić information content (AvgIpc) is 2.72. The zero-order valence-electron chi connectivity index (χ0n) is 15.3. The number of hydrogen-bond donors (Lipinski definition) is 0. The number of rotatable bonds is 5. The van der Waals surface area contributed by atoms with Crippen LogP contribution in [-0.2, 0) is 21.2 Å². The molecule has 2 aliphatic heterocycles. The van der Waals surface area contributed by atoms with E-state index in [1.54, 1.807) is 12.1 Å². The van der Waals surface area contributed by atoms with Crippen molar-refractivity contribution in [3.8, 4) is 0 Å². The Morgan fingerprint density at radius 3 is 2.73 bits per heavy atom. The van der Waals surface area contributed by atoms with Crippen LogP contribution in [0.5, 0.6) is 0 Å². The molecule has 144 valence electrons. The molecule has 1 atom stereocenters. The van der Waals surface area contributed by atoms with Gasteiger partial charge in [0.1, 0.15) is 15.7 Å². The van der Waals surface area contributed by atoms with Crippen molar-refractivity contribution in [3.63, 3.8) is 0 Å². The highest BCUT2D eigenvalue weighted by atomic mass is 32.2. The predicted octanol–water partition coefficient (Wildman–Crippen LogP) is 2.22. The van der Waals surface area contributed by atoms with E-state index in [-0.39, 0.29) is 23.0 Å². The number of carbonyl (C=O) groups excluding carboxylic acids is 1. The lowest BCUT2D eigenvalue weighted by atomic mass is 9.88. The van der Waals surface area contributed by atoms with Crippen LogP contribution < -0.4 is 0 Å². The summed E-state index contributed by atoms with van der Waals surface area (Å²) in [4.78, 5) is 16.5. The molecule has 2 aliphatic rings. The molecule has 0 saturated carbocycles. The Bertz CT molecular complexity index is 768. The fraction of sp³-hybridized carbons (Fsp3) is 0.632. The smallest absolute Gasteiger partial charge is 0.223 e. The fourth-order valence-electron chi connectivity index (χ4n) is 4.30. The summed E-state index contributed by atoms with van der Waals surface area (Å²) < 4.78 is 36.5. The topological polar surface area (TPSA) is 57.7 Å². The summed E-state index contributed by atoms with van der Waals surface area (Å²) in [5.41, 5.74) is 0.746. The number of likely N-dealkylation sites (tertiary alicyclic amines) is 2. The van der Waals surface area contributed by atoms with Crippen LogP contribution in [-0.4, -0.2) is 61.3 Å². The van der Waals surface area contributed by atoms with Crippen LogP contribution in [0, 0.1) is 5.82 Å². The van der Waals surface area contributed by atoms with E-state index in [1.165, 1.54) is 12.3 Å².